The fraction of sp³-hybridized carbons (Fsp3) is 0.125. The van der Waals surface area contributed by atoms with Crippen molar-refractivity contribution in [2.75, 3.05) is 7.11 Å². The minimum Gasteiger partial charge on any atom is -0.497 e. The summed E-state index contributed by atoms with van der Waals surface area (Å²) in [6.45, 7) is 0. The SMILES string of the molecule is COc1ccc(N=NC(C#N)c2ccccc2C#N)cc1. The molecule has 0 aromatic heterocycles. The Morgan fingerprint density at radius 1 is 1.05 bits per heavy atom. The predicted octanol–water partition coefficient (Wildman–Crippen LogP) is 3.92. The molecule has 0 N–H and O–H groups in total. The van der Waals surface area contributed by atoms with Gasteiger partial charge >= 0.3 is 0 Å². The Kier molecular flexibility index (Phi) is 4.63. The zero-order valence-corrected chi connectivity index (χ0v) is 11.4. The average Bonchev–Trinajstić information content (AvgIpc) is 2.56. The molecule has 0 saturated carbocycles. The van der Waals surface area contributed by atoms with Crippen LogP contribution in [-0.4, -0.2) is 7.11 Å². The maximum atomic E-state index is 9.23. The van der Waals surface area contributed by atoms with Crippen molar-refractivity contribution in [1.29, 1.82) is 10.5 Å². The predicted molar refractivity (Wildman–Crippen MR) is 77.0 cm³/mol. The van der Waals surface area contributed by atoms with Crippen LogP contribution in [0.15, 0.2) is 58.8 Å². The van der Waals surface area contributed by atoms with Crippen LogP contribution < -0.4 is 4.74 Å². The maximum Gasteiger partial charge on any atom is 0.183 e. The second kappa shape index (κ2) is 6.83. The van der Waals surface area contributed by atoms with E-state index < -0.39 is 6.04 Å². The molecule has 5 nitrogen and oxygen atoms in total. The third kappa shape index (κ3) is 3.43. The Hall–Kier alpha value is -3.18. The summed E-state index contributed by atoms with van der Waals surface area (Å²) < 4.78 is 5.05. The van der Waals surface area contributed by atoms with Crippen LogP contribution in [0.2, 0.25) is 0 Å². The van der Waals surface area contributed by atoms with Gasteiger partial charge in [-0.1, -0.05) is 18.2 Å². The number of nitrogens with zero attached hydrogens (tertiary/aromatic N) is 4. The number of azo groups is 1. The zero-order chi connectivity index (χ0) is 15.1. The van der Waals surface area contributed by atoms with Gasteiger partial charge in [-0.25, -0.2) is 0 Å². The molecule has 0 aliphatic carbocycles. The number of ether oxygens (including phenoxy) is 1. The van der Waals surface area contributed by atoms with Crippen molar-refractivity contribution in [1.82, 2.24) is 0 Å². The standard InChI is InChI=1S/C16H12N4O/c1-21-14-8-6-13(7-9-14)19-20-16(11-18)15-5-3-2-4-12(15)10-17/h2-9,16H,1H3. The van der Waals surface area contributed by atoms with Gasteiger partial charge in [0.2, 0.25) is 0 Å². The number of methoxy groups -OCH3 is 1. The Bertz CT molecular complexity index is 723. The lowest BCUT2D eigenvalue weighted by Gasteiger charge is -2.05. The largest absolute Gasteiger partial charge is 0.497 e. The van der Waals surface area contributed by atoms with Gasteiger partial charge in [-0.15, -0.1) is 0 Å². The van der Waals surface area contributed by atoms with Crippen molar-refractivity contribution >= 4 is 5.69 Å². The van der Waals surface area contributed by atoms with Gasteiger partial charge in [0, 0.05) is 5.56 Å². The van der Waals surface area contributed by atoms with E-state index in [1.807, 2.05) is 6.07 Å². The molecule has 1 unspecified atom stereocenters. The van der Waals surface area contributed by atoms with Gasteiger partial charge in [-0.3, -0.25) is 0 Å². The van der Waals surface area contributed by atoms with Crippen molar-refractivity contribution in [2.24, 2.45) is 10.2 Å². The fourth-order valence-corrected chi connectivity index (χ4v) is 1.77. The van der Waals surface area contributed by atoms with Crippen LogP contribution in [-0.2, 0) is 0 Å². The molecule has 0 aliphatic rings. The van der Waals surface area contributed by atoms with Gasteiger partial charge in [-0.2, -0.15) is 20.8 Å². The van der Waals surface area contributed by atoms with E-state index in [1.54, 1.807) is 55.6 Å². The lowest BCUT2D eigenvalue weighted by molar-refractivity contribution is 0.415. The van der Waals surface area contributed by atoms with E-state index >= 15 is 0 Å². The molecule has 2 aromatic rings. The minimum absolute atomic E-state index is 0.428. The van der Waals surface area contributed by atoms with Gasteiger partial charge in [0.15, 0.2) is 6.04 Å². The summed E-state index contributed by atoms with van der Waals surface area (Å²) in [5, 5.41) is 26.3. The van der Waals surface area contributed by atoms with E-state index in [0.29, 0.717) is 16.8 Å². The summed E-state index contributed by atoms with van der Waals surface area (Å²) in [7, 11) is 1.58. The third-order valence-corrected chi connectivity index (χ3v) is 2.86. The highest BCUT2D eigenvalue weighted by Crippen LogP contribution is 2.24. The summed E-state index contributed by atoms with van der Waals surface area (Å²) in [4.78, 5) is 0. The van der Waals surface area contributed by atoms with Crippen LogP contribution >= 0.6 is 0 Å². The van der Waals surface area contributed by atoms with Crippen LogP contribution in [0.5, 0.6) is 5.75 Å². The second-order valence-corrected chi connectivity index (χ2v) is 4.14. The minimum atomic E-state index is -0.803. The topological polar surface area (TPSA) is 81.5 Å². The maximum absolute atomic E-state index is 9.23. The van der Waals surface area contributed by atoms with E-state index in [2.05, 4.69) is 16.3 Å². The first-order valence-electron chi connectivity index (χ1n) is 6.22. The monoisotopic (exact) mass is 276 g/mol. The van der Waals surface area contributed by atoms with Crippen molar-refractivity contribution in [2.45, 2.75) is 6.04 Å². The van der Waals surface area contributed by atoms with Crippen molar-refractivity contribution < 1.29 is 4.74 Å². The van der Waals surface area contributed by atoms with Crippen molar-refractivity contribution in [3.05, 3.63) is 59.7 Å². The summed E-state index contributed by atoms with van der Waals surface area (Å²) >= 11 is 0. The van der Waals surface area contributed by atoms with E-state index in [-0.39, 0.29) is 0 Å². The molecule has 0 fully saturated rings. The molecule has 0 bridgehead atoms. The fourth-order valence-electron chi connectivity index (χ4n) is 1.77. The molecule has 1 atom stereocenters. The molecule has 21 heavy (non-hydrogen) atoms. The second-order valence-electron chi connectivity index (χ2n) is 4.14. The lowest BCUT2D eigenvalue weighted by Crippen LogP contribution is -1.94. The van der Waals surface area contributed by atoms with Gasteiger partial charge in [0.05, 0.1) is 30.5 Å². The Morgan fingerprint density at radius 3 is 2.38 bits per heavy atom. The zero-order valence-electron chi connectivity index (χ0n) is 11.4. The molecular weight excluding hydrogens is 264 g/mol. The van der Waals surface area contributed by atoms with Crippen LogP contribution in [0, 0.1) is 22.7 Å². The highest BCUT2D eigenvalue weighted by molar-refractivity contribution is 5.43. The van der Waals surface area contributed by atoms with Gasteiger partial charge in [0.1, 0.15) is 5.75 Å². The Morgan fingerprint density at radius 2 is 1.76 bits per heavy atom. The highest BCUT2D eigenvalue weighted by atomic mass is 16.5. The molecule has 5 heteroatoms. The Labute approximate surface area is 122 Å². The average molecular weight is 276 g/mol. The number of hydrogen-bond acceptors (Lipinski definition) is 5. The molecular formula is C16H12N4O. The van der Waals surface area contributed by atoms with Crippen LogP contribution in [0.3, 0.4) is 0 Å². The first-order valence-corrected chi connectivity index (χ1v) is 6.22. The smallest absolute Gasteiger partial charge is 0.183 e. The number of rotatable bonds is 4. The number of hydrogen-bond donors (Lipinski definition) is 0. The molecule has 0 heterocycles. The molecule has 2 aromatic carbocycles. The summed E-state index contributed by atoms with van der Waals surface area (Å²) in [6.07, 6.45) is 0. The quantitative estimate of drug-likeness (QED) is 0.793. The van der Waals surface area contributed by atoms with E-state index in [1.165, 1.54) is 0 Å². The molecule has 0 amide bonds. The van der Waals surface area contributed by atoms with E-state index in [9.17, 15) is 5.26 Å². The first kappa shape index (κ1) is 14.2. The number of nitriles is 2. The molecule has 0 radical (unpaired) electrons. The molecule has 0 spiro atoms. The summed E-state index contributed by atoms with van der Waals surface area (Å²) in [5.74, 6) is 0.723. The van der Waals surface area contributed by atoms with Crippen LogP contribution in [0.25, 0.3) is 0 Å². The lowest BCUT2D eigenvalue weighted by atomic mass is 10.0. The van der Waals surface area contributed by atoms with E-state index in [0.717, 1.165) is 5.75 Å². The van der Waals surface area contributed by atoms with Gasteiger partial charge in [-0.05, 0) is 30.3 Å². The van der Waals surface area contributed by atoms with E-state index in [4.69, 9.17) is 10.00 Å². The van der Waals surface area contributed by atoms with Gasteiger partial charge < -0.3 is 4.74 Å². The molecule has 0 saturated heterocycles. The molecule has 2 rings (SSSR count). The van der Waals surface area contributed by atoms with Crippen LogP contribution in [0.4, 0.5) is 5.69 Å². The van der Waals surface area contributed by atoms with Crippen molar-refractivity contribution in [3.8, 4) is 17.9 Å². The molecule has 102 valence electrons. The third-order valence-electron chi connectivity index (χ3n) is 2.86. The van der Waals surface area contributed by atoms with Gasteiger partial charge in [0.25, 0.3) is 0 Å². The molecule has 0 aliphatic heterocycles. The summed E-state index contributed by atoms with van der Waals surface area (Å²) in [6, 6.07) is 17.2. The highest BCUT2D eigenvalue weighted by Gasteiger charge is 2.13. The number of benzene rings is 2. The first-order chi connectivity index (χ1) is 10.3. The van der Waals surface area contributed by atoms with Crippen LogP contribution in [0.1, 0.15) is 17.2 Å². The Balaban J connectivity index is 2.24. The summed E-state index contributed by atoms with van der Waals surface area (Å²) in [5.41, 5.74) is 1.60. The van der Waals surface area contributed by atoms with Crippen molar-refractivity contribution in [3.63, 3.8) is 0 Å². The normalized spacial score (nSPS) is 11.6.